The van der Waals surface area contributed by atoms with Crippen molar-refractivity contribution in [1.29, 1.82) is 5.26 Å². The number of anilines is 1. The molecular weight excluding hydrogens is 250 g/mol. The lowest BCUT2D eigenvalue weighted by atomic mass is 10.2. The molecule has 0 aliphatic rings. The summed E-state index contributed by atoms with van der Waals surface area (Å²) in [6, 6.07) is 13.0. The highest BCUT2D eigenvalue weighted by molar-refractivity contribution is 5.93. The zero-order chi connectivity index (χ0) is 14.7. The predicted molar refractivity (Wildman–Crippen MR) is 78.4 cm³/mol. The molecule has 0 aliphatic carbocycles. The molecule has 0 aliphatic heterocycles. The number of nitriles is 1. The van der Waals surface area contributed by atoms with Gasteiger partial charge in [0.15, 0.2) is 0 Å². The Kier molecular flexibility index (Phi) is 3.90. The van der Waals surface area contributed by atoms with Crippen molar-refractivity contribution in [2.75, 3.05) is 5.32 Å². The number of benzene rings is 1. The minimum absolute atomic E-state index is 0.133. The van der Waals surface area contributed by atoms with Gasteiger partial charge in [0.1, 0.15) is 17.8 Å². The van der Waals surface area contributed by atoms with Crippen molar-refractivity contribution in [3.05, 3.63) is 53.3 Å². The van der Waals surface area contributed by atoms with E-state index in [1.54, 1.807) is 11.5 Å². The summed E-state index contributed by atoms with van der Waals surface area (Å²) in [6.45, 7) is 5.58. The van der Waals surface area contributed by atoms with Crippen LogP contribution >= 0.6 is 0 Å². The van der Waals surface area contributed by atoms with Gasteiger partial charge in [-0.15, -0.1) is 0 Å². The van der Waals surface area contributed by atoms with Crippen LogP contribution in [-0.2, 0) is 4.79 Å². The molecule has 1 aromatic carbocycles. The predicted octanol–water partition coefficient (Wildman–Crippen LogP) is 3.18. The van der Waals surface area contributed by atoms with E-state index in [9.17, 15) is 10.1 Å². The Labute approximate surface area is 118 Å². The summed E-state index contributed by atoms with van der Waals surface area (Å²) < 4.78 is 1.77. The van der Waals surface area contributed by atoms with Crippen LogP contribution < -0.4 is 5.32 Å². The average molecular weight is 267 g/mol. The van der Waals surface area contributed by atoms with E-state index in [0.29, 0.717) is 5.69 Å². The van der Waals surface area contributed by atoms with E-state index < -0.39 is 6.04 Å². The zero-order valence-electron chi connectivity index (χ0n) is 11.8. The first-order valence-corrected chi connectivity index (χ1v) is 6.49. The maximum absolute atomic E-state index is 12.3. The van der Waals surface area contributed by atoms with Gasteiger partial charge in [0.05, 0.1) is 0 Å². The zero-order valence-corrected chi connectivity index (χ0v) is 11.8. The molecule has 4 nitrogen and oxygen atoms in total. The third-order valence-electron chi connectivity index (χ3n) is 3.33. The molecule has 1 N–H and O–H groups in total. The Morgan fingerprint density at radius 1 is 1.30 bits per heavy atom. The fourth-order valence-electron chi connectivity index (χ4n) is 2.34. The van der Waals surface area contributed by atoms with Crippen LogP contribution in [-0.4, -0.2) is 10.5 Å². The first-order chi connectivity index (χ1) is 9.54. The van der Waals surface area contributed by atoms with Gasteiger partial charge < -0.3 is 9.88 Å². The number of aryl methyl sites for hydroxylation is 2. The highest BCUT2D eigenvalue weighted by Crippen LogP contribution is 2.21. The Balaban J connectivity index is 2.26. The summed E-state index contributed by atoms with van der Waals surface area (Å²) in [5.41, 5.74) is 3.10. The second kappa shape index (κ2) is 5.62. The van der Waals surface area contributed by atoms with Gasteiger partial charge in [-0.2, -0.15) is 5.26 Å². The maximum Gasteiger partial charge on any atom is 0.247 e. The Hall–Kier alpha value is -2.54. The number of carbonyl (C=O) groups excluding carboxylic acids is 1. The molecule has 0 fully saturated rings. The molecule has 4 heteroatoms. The van der Waals surface area contributed by atoms with E-state index >= 15 is 0 Å². The molecule has 0 saturated carbocycles. The van der Waals surface area contributed by atoms with Crippen LogP contribution in [0.5, 0.6) is 0 Å². The minimum Gasteiger partial charge on any atom is -0.324 e. The van der Waals surface area contributed by atoms with Crippen molar-refractivity contribution >= 4 is 11.6 Å². The van der Waals surface area contributed by atoms with E-state index in [1.807, 2.05) is 50.2 Å². The van der Waals surface area contributed by atoms with Gasteiger partial charge in [-0.05, 0) is 44.5 Å². The van der Waals surface area contributed by atoms with Crippen molar-refractivity contribution in [2.45, 2.75) is 26.8 Å². The number of hydrogen-bond donors (Lipinski definition) is 1. The molecule has 1 heterocycles. The van der Waals surface area contributed by atoms with E-state index in [2.05, 4.69) is 11.4 Å². The molecule has 2 rings (SSSR count). The first kappa shape index (κ1) is 13.9. The van der Waals surface area contributed by atoms with Crippen LogP contribution in [0.4, 0.5) is 5.69 Å². The van der Waals surface area contributed by atoms with Crippen LogP contribution in [0.3, 0.4) is 0 Å². The molecule has 102 valence electrons. The highest BCUT2D eigenvalue weighted by Gasteiger charge is 2.20. The van der Waals surface area contributed by atoms with Gasteiger partial charge in [-0.1, -0.05) is 18.2 Å². The minimum atomic E-state index is -0.432. The van der Waals surface area contributed by atoms with Crippen molar-refractivity contribution in [3.63, 3.8) is 0 Å². The summed E-state index contributed by atoms with van der Waals surface area (Å²) in [4.78, 5) is 12.3. The summed E-state index contributed by atoms with van der Waals surface area (Å²) in [5.74, 6) is -0.133. The lowest BCUT2D eigenvalue weighted by Gasteiger charge is -2.17. The van der Waals surface area contributed by atoms with E-state index in [1.165, 1.54) is 0 Å². The Morgan fingerprint density at radius 3 is 2.55 bits per heavy atom. The van der Waals surface area contributed by atoms with Crippen molar-refractivity contribution in [1.82, 2.24) is 4.57 Å². The molecule has 0 saturated heterocycles. The van der Waals surface area contributed by atoms with E-state index in [-0.39, 0.29) is 5.91 Å². The normalized spacial score (nSPS) is 11.7. The molecule has 0 spiro atoms. The van der Waals surface area contributed by atoms with Crippen LogP contribution in [0.2, 0.25) is 0 Å². The van der Waals surface area contributed by atoms with Gasteiger partial charge in [0.2, 0.25) is 5.91 Å². The van der Waals surface area contributed by atoms with Gasteiger partial charge in [-0.25, -0.2) is 0 Å². The SMILES string of the molecule is Cc1cc(C)n(C(C)C(=O)Nc2ccccc2)c1C#N. The Bertz CT molecular complexity index is 665. The number of aromatic nitrogens is 1. The molecule has 1 unspecified atom stereocenters. The quantitative estimate of drug-likeness (QED) is 0.928. The number of carbonyl (C=O) groups is 1. The molecule has 0 bridgehead atoms. The standard InChI is InChI=1S/C16H17N3O/c1-11-9-12(2)19(15(11)10-17)13(3)16(20)18-14-7-5-4-6-8-14/h4-9,13H,1-3H3,(H,18,20). The summed E-state index contributed by atoms with van der Waals surface area (Å²) in [6.07, 6.45) is 0. The van der Waals surface area contributed by atoms with Gasteiger partial charge in [0, 0.05) is 11.4 Å². The van der Waals surface area contributed by atoms with Crippen molar-refractivity contribution in [3.8, 4) is 6.07 Å². The maximum atomic E-state index is 12.3. The van der Waals surface area contributed by atoms with E-state index in [0.717, 1.165) is 16.9 Å². The lowest BCUT2D eigenvalue weighted by molar-refractivity contribution is -0.118. The summed E-state index contributed by atoms with van der Waals surface area (Å²) >= 11 is 0. The molecule has 1 atom stereocenters. The van der Waals surface area contributed by atoms with Crippen LogP contribution in [0.15, 0.2) is 36.4 Å². The fraction of sp³-hybridized carbons (Fsp3) is 0.250. The van der Waals surface area contributed by atoms with Crippen molar-refractivity contribution < 1.29 is 4.79 Å². The van der Waals surface area contributed by atoms with Gasteiger partial charge in [-0.3, -0.25) is 4.79 Å². The van der Waals surface area contributed by atoms with Crippen LogP contribution in [0, 0.1) is 25.2 Å². The topological polar surface area (TPSA) is 57.8 Å². The molecule has 0 radical (unpaired) electrons. The fourth-order valence-corrected chi connectivity index (χ4v) is 2.34. The van der Waals surface area contributed by atoms with Gasteiger partial charge in [0.25, 0.3) is 0 Å². The molecule has 20 heavy (non-hydrogen) atoms. The van der Waals surface area contributed by atoms with E-state index in [4.69, 9.17) is 0 Å². The molecule has 1 amide bonds. The molecular formula is C16H17N3O. The third-order valence-corrected chi connectivity index (χ3v) is 3.33. The lowest BCUT2D eigenvalue weighted by Crippen LogP contribution is -2.25. The highest BCUT2D eigenvalue weighted by atomic mass is 16.2. The number of hydrogen-bond acceptors (Lipinski definition) is 2. The second-order valence-electron chi connectivity index (χ2n) is 4.83. The Morgan fingerprint density at radius 2 is 1.95 bits per heavy atom. The average Bonchev–Trinajstić information content (AvgIpc) is 2.72. The largest absolute Gasteiger partial charge is 0.324 e. The number of nitrogens with zero attached hydrogens (tertiary/aromatic N) is 2. The second-order valence-corrected chi connectivity index (χ2v) is 4.83. The molecule has 2 aromatic rings. The number of para-hydroxylation sites is 1. The summed E-state index contributed by atoms with van der Waals surface area (Å²) in [5, 5.41) is 12.1. The number of nitrogens with one attached hydrogen (secondary N) is 1. The summed E-state index contributed by atoms with van der Waals surface area (Å²) in [7, 11) is 0. The third kappa shape index (κ3) is 2.57. The monoisotopic (exact) mass is 267 g/mol. The van der Waals surface area contributed by atoms with Crippen LogP contribution in [0.1, 0.15) is 29.9 Å². The number of amides is 1. The first-order valence-electron chi connectivity index (χ1n) is 6.49. The van der Waals surface area contributed by atoms with Crippen molar-refractivity contribution in [2.24, 2.45) is 0 Å². The van der Waals surface area contributed by atoms with Crippen LogP contribution in [0.25, 0.3) is 0 Å². The molecule has 1 aromatic heterocycles. The number of rotatable bonds is 3. The smallest absolute Gasteiger partial charge is 0.247 e. The van der Waals surface area contributed by atoms with Gasteiger partial charge >= 0.3 is 0 Å².